The van der Waals surface area contributed by atoms with E-state index in [2.05, 4.69) is 194 Å². The molecule has 0 aliphatic carbocycles. The summed E-state index contributed by atoms with van der Waals surface area (Å²) in [7, 11) is -0.698. The Morgan fingerprint density at radius 3 is 1.08 bits per heavy atom. The zero-order chi connectivity index (χ0) is 33.3. The van der Waals surface area contributed by atoms with Crippen LogP contribution in [0.1, 0.15) is 0 Å². The number of para-hydroxylation sites is 2. The zero-order valence-corrected chi connectivity index (χ0v) is 28.3. The second kappa shape index (κ2) is 13.1. The summed E-state index contributed by atoms with van der Waals surface area (Å²) in [6.07, 6.45) is 0. The first-order valence-electron chi connectivity index (χ1n) is 17.0. The maximum atomic E-state index is 6.68. The Kier molecular flexibility index (Phi) is 7.90. The molecular weight excluding hydrogens is 624 g/mol. The highest BCUT2D eigenvalue weighted by Gasteiger charge is 2.18. The fraction of sp³-hybridized carbons (Fsp3) is 0. The third-order valence-corrected chi connectivity index (χ3v) is 12.0. The van der Waals surface area contributed by atoms with E-state index in [0.29, 0.717) is 0 Å². The quantitative estimate of drug-likeness (QED) is 0.156. The van der Waals surface area contributed by atoms with Crippen molar-refractivity contribution in [3.8, 4) is 44.5 Å². The maximum absolute atomic E-state index is 6.68. The molecule has 0 N–H and O–H groups in total. The van der Waals surface area contributed by atoms with Gasteiger partial charge in [0, 0.05) is 21.9 Å². The fourth-order valence-corrected chi connectivity index (χ4v) is 9.25. The van der Waals surface area contributed by atoms with Gasteiger partial charge in [-0.2, -0.15) is 0 Å². The van der Waals surface area contributed by atoms with Crippen molar-refractivity contribution in [3.63, 3.8) is 0 Å². The van der Waals surface area contributed by atoms with Gasteiger partial charge in [-0.05, 0) is 57.2 Å². The van der Waals surface area contributed by atoms with Crippen molar-refractivity contribution in [2.75, 3.05) is 0 Å². The second-order valence-corrected chi connectivity index (χ2v) is 14.8. The summed E-state index contributed by atoms with van der Waals surface area (Å²) in [6.45, 7) is 0. The highest BCUT2D eigenvalue weighted by molar-refractivity contribution is 7.79. The molecular formula is C48H33OP. The van der Waals surface area contributed by atoms with Gasteiger partial charge in [0.15, 0.2) is 0 Å². The van der Waals surface area contributed by atoms with E-state index in [0.717, 1.165) is 44.2 Å². The van der Waals surface area contributed by atoms with Gasteiger partial charge >= 0.3 is 0 Å². The van der Waals surface area contributed by atoms with E-state index in [1.165, 1.54) is 38.2 Å². The third-order valence-electron chi connectivity index (χ3n) is 9.51. The molecule has 9 rings (SSSR count). The van der Waals surface area contributed by atoms with Gasteiger partial charge in [0.05, 0.1) is 0 Å². The molecule has 0 amide bonds. The van der Waals surface area contributed by atoms with Gasteiger partial charge in [-0.15, -0.1) is 0 Å². The SMILES string of the molecule is c1ccc(-c2ccc(P(c3ccccc3)c3ccc(-c4ccc(-c5cccc6c5oc5c(-c7ccccc7)cccc56)cc4)cc3)cc2)cc1. The number of fused-ring (bicyclic) bond motifs is 3. The van der Waals surface area contributed by atoms with Crippen LogP contribution < -0.4 is 15.9 Å². The summed E-state index contributed by atoms with van der Waals surface area (Å²) in [4.78, 5) is 0. The molecule has 0 fully saturated rings. The van der Waals surface area contributed by atoms with Crippen molar-refractivity contribution in [2.45, 2.75) is 0 Å². The van der Waals surface area contributed by atoms with Crippen molar-refractivity contribution < 1.29 is 4.42 Å². The van der Waals surface area contributed by atoms with E-state index in [4.69, 9.17) is 4.42 Å². The molecule has 0 radical (unpaired) electrons. The fourth-order valence-electron chi connectivity index (χ4n) is 7.00. The van der Waals surface area contributed by atoms with Gasteiger partial charge < -0.3 is 4.42 Å². The molecule has 1 aromatic heterocycles. The average molecular weight is 657 g/mol. The highest BCUT2D eigenvalue weighted by Crippen LogP contribution is 2.40. The first-order valence-corrected chi connectivity index (χ1v) is 18.4. The van der Waals surface area contributed by atoms with E-state index in [9.17, 15) is 0 Å². The van der Waals surface area contributed by atoms with Gasteiger partial charge in [0.25, 0.3) is 0 Å². The van der Waals surface area contributed by atoms with Crippen molar-refractivity contribution in [1.29, 1.82) is 0 Å². The lowest BCUT2D eigenvalue weighted by Crippen LogP contribution is -2.20. The average Bonchev–Trinajstić information content (AvgIpc) is 3.59. The number of hydrogen-bond donors (Lipinski definition) is 0. The van der Waals surface area contributed by atoms with Crippen LogP contribution in [-0.4, -0.2) is 0 Å². The highest BCUT2D eigenvalue weighted by atomic mass is 31.1. The predicted octanol–water partition coefficient (Wildman–Crippen LogP) is 12.0. The lowest BCUT2D eigenvalue weighted by Gasteiger charge is -2.20. The van der Waals surface area contributed by atoms with Crippen LogP contribution in [0.15, 0.2) is 205 Å². The predicted molar refractivity (Wildman–Crippen MR) is 214 cm³/mol. The maximum Gasteiger partial charge on any atom is 0.143 e. The van der Waals surface area contributed by atoms with Crippen LogP contribution in [0.25, 0.3) is 66.4 Å². The summed E-state index contributed by atoms with van der Waals surface area (Å²) >= 11 is 0. The van der Waals surface area contributed by atoms with Gasteiger partial charge in [-0.25, -0.2) is 0 Å². The van der Waals surface area contributed by atoms with Crippen LogP contribution in [0.3, 0.4) is 0 Å². The molecule has 1 nitrogen and oxygen atoms in total. The number of furan rings is 1. The smallest absolute Gasteiger partial charge is 0.143 e. The number of rotatable bonds is 7. The molecule has 0 spiro atoms. The first kappa shape index (κ1) is 30.1. The monoisotopic (exact) mass is 656 g/mol. The molecule has 1 unspecified atom stereocenters. The van der Waals surface area contributed by atoms with Gasteiger partial charge in [0.1, 0.15) is 11.2 Å². The molecule has 0 aliphatic rings. The molecule has 0 saturated carbocycles. The van der Waals surface area contributed by atoms with Crippen LogP contribution >= 0.6 is 7.92 Å². The largest absolute Gasteiger partial charge is 0.455 e. The second-order valence-electron chi connectivity index (χ2n) is 12.5. The minimum Gasteiger partial charge on any atom is -0.455 e. The summed E-state index contributed by atoms with van der Waals surface area (Å²) in [5, 5.41) is 6.31. The molecule has 1 atom stereocenters. The van der Waals surface area contributed by atoms with Crippen LogP contribution in [0.4, 0.5) is 0 Å². The van der Waals surface area contributed by atoms with E-state index in [1.54, 1.807) is 0 Å². The van der Waals surface area contributed by atoms with Crippen LogP contribution in [0, 0.1) is 0 Å². The van der Waals surface area contributed by atoms with Crippen LogP contribution in [0.2, 0.25) is 0 Å². The normalized spacial score (nSPS) is 11.9. The Balaban J connectivity index is 1.03. The number of hydrogen-bond acceptors (Lipinski definition) is 1. The van der Waals surface area contributed by atoms with Gasteiger partial charge in [-0.3, -0.25) is 0 Å². The Hall–Kier alpha value is -6.01. The molecule has 9 aromatic rings. The molecule has 0 bridgehead atoms. The summed E-state index contributed by atoms with van der Waals surface area (Å²) < 4.78 is 6.68. The Morgan fingerprint density at radius 2 is 0.600 bits per heavy atom. The van der Waals surface area contributed by atoms with Crippen molar-refractivity contribution in [3.05, 3.63) is 200 Å². The molecule has 2 heteroatoms. The molecule has 1 heterocycles. The van der Waals surface area contributed by atoms with Crippen LogP contribution in [0.5, 0.6) is 0 Å². The summed E-state index contributed by atoms with van der Waals surface area (Å²) in [6, 6.07) is 72.0. The topological polar surface area (TPSA) is 13.1 Å². The third kappa shape index (κ3) is 5.63. The van der Waals surface area contributed by atoms with E-state index >= 15 is 0 Å². The summed E-state index contributed by atoms with van der Waals surface area (Å²) in [5.41, 5.74) is 11.3. The number of benzene rings is 8. The standard InChI is InChI=1S/C48H33OP/c1-4-12-34(13-5-1)36-26-30-41(31-27-36)50(40-16-8-3-9-17-40)42-32-28-37(29-33-42)35-22-24-39(25-23-35)44-19-11-21-46-45-20-10-18-43(47(45)49-48(44)46)38-14-6-2-7-15-38/h1-33H. The van der Waals surface area contributed by atoms with Gasteiger partial charge in [0.2, 0.25) is 0 Å². The Morgan fingerprint density at radius 1 is 0.260 bits per heavy atom. The van der Waals surface area contributed by atoms with E-state index in [1.807, 2.05) is 6.07 Å². The summed E-state index contributed by atoms with van der Waals surface area (Å²) in [5.74, 6) is 0. The van der Waals surface area contributed by atoms with Crippen molar-refractivity contribution in [1.82, 2.24) is 0 Å². The van der Waals surface area contributed by atoms with Crippen molar-refractivity contribution in [2.24, 2.45) is 0 Å². The Bertz CT molecular complexity index is 2530. The zero-order valence-electron chi connectivity index (χ0n) is 27.4. The molecule has 50 heavy (non-hydrogen) atoms. The molecule has 0 aliphatic heterocycles. The molecule has 236 valence electrons. The lowest BCUT2D eigenvalue weighted by molar-refractivity contribution is 0.671. The molecule has 0 saturated heterocycles. The minimum absolute atomic E-state index is 0.698. The minimum atomic E-state index is -0.698. The van der Waals surface area contributed by atoms with E-state index < -0.39 is 7.92 Å². The van der Waals surface area contributed by atoms with Crippen molar-refractivity contribution >= 4 is 45.8 Å². The van der Waals surface area contributed by atoms with Crippen LogP contribution in [-0.2, 0) is 0 Å². The van der Waals surface area contributed by atoms with Gasteiger partial charge in [-0.1, -0.05) is 200 Å². The first-order chi connectivity index (χ1) is 24.8. The molecule has 8 aromatic carbocycles. The Labute approximate surface area is 293 Å². The van der Waals surface area contributed by atoms with E-state index in [-0.39, 0.29) is 0 Å². The lowest BCUT2D eigenvalue weighted by atomic mass is 9.98.